The summed E-state index contributed by atoms with van der Waals surface area (Å²) in [5.74, 6) is -1.73. The van der Waals surface area contributed by atoms with E-state index in [-0.39, 0.29) is 6.04 Å². The highest BCUT2D eigenvalue weighted by Gasteiger charge is 2.31. The van der Waals surface area contributed by atoms with E-state index in [2.05, 4.69) is 5.32 Å². The Morgan fingerprint density at radius 2 is 2.00 bits per heavy atom. The Morgan fingerprint density at radius 1 is 1.30 bits per heavy atom. The number of benzene rings is 1. The molecule has 0 amide bonds. The molecule has 1 saturated carbocycles. The van der Waals surface area contributed by atoms with Gasteiger partial charge in [-0.2, -0.15) is 0 Å². The smallest absolute Gasteiger partial charge is 0.159 e. The molecule has 1 aliphatic carbocycles. The number of rotatable bonds is 6. The molecule has 2 N–H and O–H groups in total. The molecule has 3 nitrogen and oxygen atoms in total. The van der Waals surface area contributed by atoms with Crippen molar-refractivity contribution < 1.29 is 18.6 Å². The second kappa shape index (κ2) is 6.61. The molecular weight excluding hydrogens is 264 g/mol. The molecule has 5 heteroatoms. The SMILES string of the molecule is COCC(NCC1(O)CCCC1)c1ccc(F)c(F)c1. The summed E-state index contributed by atoms with van der Waals surface area (Å²) in [5, 5.41) is 13.5. The van der Waals surface area contributed by atoms with Crippen LogP contribution < -0.4 is 5.32 Å². The number of methoxy groups -OCH3 is 1. The molecule has 0 bridgehead atoms. The molecular formula is C15H21F2NO2. The minimum absolute atomic E-state index is 0.264. The van der Waals surface area contributed by atoms with Gasteiger partial charge in [0.05, 0.1) is 18.2 Å². The van der Waals surface area contributed by atoms with E-state index in [1.54, 1.807) is 7.11 Å². The van der Waals surface area contributed by atoms with Crippen LogP contribution >= 0.6 is 0 Å². The van der Waals surface area contributed by atoms with E-state index in [1.807, 2.05) is 0 Å². The lowest BCUT2D eigenvalue weighted by atomic mass is 10.0. The standard InChI is InChI=1S/C15H21F2NO2/c1-20-9-14(11-4-5-12(16)13(17)8-11)18-10-15(19)6-2-3-7-15/h4-5,8,14,18-19H,2-3,6-7,9-10H2,1H3. The van der Waals surface area contributed by atoms with Gasteiger partial charge in [0.2, 0.25) is 0 Å². The van der Waals surface area contributed by atoms with Gasteiger partial charge >= 0.3 is 0 Å². The van der Waals surface area contributed by atoms with Crippen molar-refractivity contribution in [3.05, 3.63) is 35.4 Å². The number of hydrogen-bond acceptors (Lipinski definition) is 3. The second-order valence-electron chi connectivity index (χ2n) is 5.49. The van der Waals surface area contributed by atoms with E-state index in [9.17, 15) is 13.9 Å². The maximum Gasteiger partial charge on any atom is 0.159 e. The zero-order chi connectivity index (χ0) is 14.6. The van der Waals surface area contributed by atoms with Gasteiger partial charge in [-0.1, -0.05) is 18.9 Å². The van der Waals surface area contributed by atoms with Gasteiger partial charge in [-0.05, 0) is 30.5 Å². The van der Waals surface area contributed by atoms with Gasteiger partial charge < -0.3 is 15.2 Å². The van der Waals surface area contributed by atoms with Crippen LogP contribution in [0.5, 0.6) is 0 Å². The molecule has 1 aromatic rings. The molecule has 0 saturated heterocycles. The van der Waals surface area contributed by atoms with Crippen molar-refractivity contribution in [1.82, 2.24) is 5.32 Å². The van der Waals surface area contributed by atoms with Gasteiger partial charge in [0.15, 0.2) is 11.6 Å². The second-order valence-corrected chi connectivity index (χ2v) is 5.49. The Hall–Kier alpha value is -1.04. The summed E-state index contributed by atoms with van der Waals surface area (Å²) in [6.07, 6.45) is 3.60. The molecule has 112 valence electrons. The summed E-state index contributed by atoms with van der Waals surface area (Å²) in [5.41, 5.74) is -0.0720. The summed E-state index contributed by atoms with van der Waals surface area (Å²) in [4.78, 5) is 0. The number of halogens is 2. The first-order valence-electron chi connectivity index (χ1n) is 6.94. The van der Waals surface area contributed by atoms with Crippen LogP contribution in [-0.4, -0.2) is 31.0 Å². The van der Waals surface area contributed by atoms with E-state index < -0.39 is 17.2 Å². The number of hydrogen-bond donors (Lipinski definition) is 2. The number of ether oxygens (including phenoxy) is 1. The Bertz CT molecular complexity index is 447. The highest BCUT2D eigenvalue weighted by molar-refractivity contribution is 5.21. The first-order chi connectivity index (χ1) is 9.54. The summed E-state index contributed by atoms with van der Waals surface area (Å²) in [6.45, 7) is 0.765. The van der Waals surface area contributed by atoms with E-state index in [0.717, 1.165) is 31.7 Å². The van der Waals surface area contributed by atoms with Crippen LogP contribution in [0.25, 0.3) is 0 Å². The average molecular weight is 285 g/mol. The molecule has 0 aliphatic heterocycles. The minimum atomic E-state index is -0.870. The summed E-state index contributed by atoms with van der Waals surface area (Å²) >= 11 is 0. The monoisotopic (exact) mass is 285 g/mol. The van der Waals surface area contributed by atoms with Crippen molar-refractivity contribution in [2.24, 2.45) is 0 Å². The zero-order valence-corrected chi connectivity index (χ0v) is 11.7. The van der Waals surface area contributed by atoms with Crippen LogP contribution in [0.15, 0.2) is 18.2 Å². The fourth-order valence-corrected chi connectivity index (χ4v) is 2.69. The molecule has 1 aromatic carbocycles. The topological polar surface area (TPSA) is 41.5 Å². The van der Waals surface area contributed by atoms with E-state index >= 15 is 0 Å². The Labute approximate surface area is 117 Å². The van der Waals surface area contributed by atoms with Crippen LogP contribution in [0.2, 0.25) is 0 Å². The third kappa shape index (κ3) is 3.75. The third-order valence-electron chi connectivity index (χ3n) is 3.89. The molecule has 1 fully saturated rings. The summed E-state index contributed by atoms with van der Waals surface area (Å²) in [7, 11) is 1.55. The molecule has 20 heavy (non-hydrogen) atoms. The molecule has 2 rings (SSSR count). The highest BCUT2D eigenvalue weighted by atomic mass is 19.2. The van der Waals surface area contributed by atoms with Crippen LogP contribution in [0.1, 0.15) is 37.3 Å². The maximum atomic E-state index is 13.3. The third-order valence-corrected chi connectivity index (χ3v) is 3.89. The fourth-order valence-electron chi connectivity index (χ4n) is 2.69. The molecule has 0 heterocycles. The van der Waals surface area contributed by atoms with Crippen LogP contribution in [0.4, 0.5) is 8.78 Å². The van der Waals surface area contributed by atoms with E-state index in [4.69, 9.17) is 4.74 Å². The summed E-state index contributed by atoms with van der Waals surface area (Å²) < 4.78 is 31.4. The van der Waals surface area contributed by atoms with Crippen molar-refractivity contribution in [2.75, 3.05) is 20.3 Å². The lowest BCUT2D eigenvalue weighted by Crippen LogP contribution is -2.40. The average Bonchev–Trinajstić information content (AvgIpc) is 2.85. The quantitative estimate of drug-likeness (QED) is 0.844. The largest absolute Gasteiger partial charge is 0.389 e. The van der Waals surface area contributed by atoms with Crippen molar-refractivity contribution in [3.8, 4) is 0 Å². The van der Waals surface area contributed by atoms with Gasteiger partial charge in [-0.15, -0.1) is 0 Å². The number of nitrogens with one attached hydrogen (secondary N) is 1. The van der Waals surface area contributed by atoms with Gasteiger partial charge in [-0.3, -0.25) is 0 Å². The van der Waals surface area contributed by atoms with Crippen molar-refractivity contribution in [3.63, 3.8) is 0 Å². The predicted molar refractivity (Wildman–Crippen MR) is 72.4 cm³/mol. The predicted octanol–water partition coefficient (Wildman–Crippen LogP) is 2.55. The van der Waals surface area contributed by atoms with Crippen molar-refractivity contribution >= 4 is 0 Å². The Kier molecular flexibility index (Phi) is 5.07. The molecule has 0 aromatic heterocycles. The van der Waals surface area contributed by atoms with Crippen LogP contribution in [-0.2, 0) is 4.74 Å². The fraction of sp³-hybridized carbons (Fsp3) is 0.600. The Balaban J connectivity index is 2.04. The highest BCUT2D eigenvalue weighted by Crippen LogP contribution is 2.29. The molecule has 1 unspecified atom stereocenters. The Morgan fingerprint density at radius 3 is 2.60 bits per heavy atom. The zero-order valence-electron chi connectivity index (χ0n) is 11.7. The molecule has 1 aliphatic rings. The van der Waals surface area contributed by atoms with Crippen molar-refractivity contribution in [2.45, 2.75) is 37.3 Å². The lowest BCUT2D eigenvalue weighted by Gasteiger charge is -2.27. The van der Waals surface area contributed by atoms with Crippen LogP contribution in [0.3, 0.4) is 0 Å². The van der Waals surface area contributed by atoms with E-state index in [0.29, 0.717) is 18.7 Å². The van der Waals surface area contributed by atoms with Gasteiger partial charge in [0.25, 0.3) is 0 Å². The molecule has 1 atom stereocenters. The number of aliphatic hydroxyl groups is 1. The van der Waals surface area contributed by atoms with Gasteiger partial charge in [0.1, 0.15) is 0 Å². The van der Waals surface area contributed by atoms with E-state index in [1.165, 1.54) is 12.1 Å². The first-order valence-corrected chi connectivity index (χ1v) is 6.94. The lowest BCUT2D eigenvalue weighted by molar-refractivity contribution is 0.0405. The van der Waals surface area contributed by atoms with Gasteiger partial charge in [0, 0.05) is 13.7 Å². The molecule has 0 spiro atoms. The normalized spacial score (nSPS) is 19.2. The van der Waals surface area contributed by atoms with Crippen LogP contribution in [0, 0.1) is 11.6 Å². The van der Waals surface area contributed by atoms with Crippen molar-refractivity contribution in [1.29, 1.82) is 0 Å². The summed E-state index contributed by atoms with van der Waals surface area (Å²) in [6, 6.07) is 3.55. The first kappa shape index (κ1) is 15.4. The van der Waals surface area contributed by atoms with Gasteiger partial charge in [-0.25, -0.2) is 8.78 Å². The maximum absolute atomic E-state index is 13.3. The molecule has 0 radical (unpaired) electrons. The minimum Gasteiger partial charge on any atom is -0.389 e.